The van der Waals surface area contributed by atoms with Crippen LogP contribution in [0.4, 0.5) is 10.5 Å². The van der Waals surface area contributed by atoms with Gasteiger partial charge in [0.1, 0.15) is 5.60 Å². The lowest BCUT2D eigenvalue weighted by molar-refractivity contribution is -0.120. The second kappa shape index (κ2) is 9.63. The molecule has 0 heterocycles. The molecule has 0 aliphatic carbocycles. The van der Waals surface area contributed by atoms with Crippen LogP contribution in [0.1, 0.15) is 31.1 Å². The third-order valence-electron chi connectivity index (χ3n) is 2.83. The summed E-state index contributed by atoms with van der Waals surface area (Å²) in [5, 5.41) is 7.69. The number of rotatable bonds is 7. The molecule has 3 amide bonds. The minimum absolute atomic E-state index is 0.125. The van der Waals surface area contributed by atoms with E-state index in [4.69, 9.17) is 9.47 Å². The number of nitrogens with one attached hydrogen (secondary N) is 3. The Labute approximate surface area is 147 Å². The molecule has 138 valence electrons. The molecule has 0 radical (unpaired) electrons. The first-order valence-electron chi connectivity index (χ1n) is 7.85. The molecule has 0 unspecified atom stereocenters. The van der Waals surface area contributed by atoms with Crippen LogP contribution in [0.15, 0.2) is 24.3 Å². The van der Waals surface area contributed by atoms with Gasteiger partial charge in [-0.15, -0.1) is 0 Å². The maximum atomic E-state index is 12.0. The number of hydrogen-bond acceptors (Lipinski definition) is 5. The number of ether oxygens (including phenoxy) is 2. The molecule has 0 saturated carbocycles. The van der Waals surface area contributed by atoms with E-state index >= 15 is 0 Å². The monoisotopic (exact) mass is 351 g/mol. The van der Waals surface area contributed by atoms with Crippen LogP contribution >= 0.6 is 0 Å². The van der Waals surface area contributed by atoms with Crippen molar-refractivity contribution in [3.63, 3.8) is 0 Å². The fourth-order valence-corrected chi connectivity index (χ4v) is 1.74. The molecular formula is C17H25N3O5. The van der Waals surface area contributed by atoms with E-state index in [0.717, 1.165) is 0 Å². The number of hydrogen-bond donors (Lipinski definition) is 3. The fourth-order valence-electron chi connectivity index (χ4n) is 1.74. The average molecular weight is 351 g/mol. The molecular weight excluding hydrogens is 326 g/mol. The molecule has 1 aromatic rings. The van der Waals surface area contributed by atoms with Crippen molar-refractivity contribution in [3.05, 3.63) is 29.8 Å². The van der Waals surface area contributed by atoms with E-state index in [1.54, 1.807) is 45.0 Å². The van der Waals surface area contributed by atoms with Gasteiger partial charge in [0.25, 0.3) is 5.91 Å². The molecule has 0 saturated heterocycles. The second-order valence-electron chi connectivity index (χ2n) is 6.23. The Balaban J connectivity index is 2.46. The van der Waals surface area contributed by atoms with Crippen molar-refractivity contribution in [3.8, 4) is 0 Å². The van der Waals surface area contributed by atoms with E-state index in [-0.39, 0.29) is 18.4 Å². The van der Waals surface area contributed by atoms with Crippen LogP contribution in [0.3, 0.4) is 0 Å². The molecule has 25 heavy (non-hydrogen) atoms. The quantitative estimate of drug-likeness (QED) is 0.646. The minimum Gasteiger partial charge on any atom is -0.444 e. The maximum absolute atomic E-state index is 12.0. The van der Waals surface area contributed by atoms with Gasteiger partial charge in [-0.1, -0.05) is 0 Å². The van der Waals surface area contributed by atoms with Crippen molar-refractivity contribution >= 4 is 23.6 Å². The van der Waals surface area contributed by atoms with Gasteiger partial charge in [-0.25, -0.2) is 4.79 Å². The summed E-state index contributed by atoms with van der Waals surface area (Å²) < 4.78 is 9.95. The van der Waals surface area contributed by atoms with E-state index in [1.807, 2.05) is 0 Å². The van der Waals surface area contributed by atoms with Crippen molar-refractivity contribution in [1.29, 1.82) is 0 Å². The predicted octanol–water partition coefficient (Wildman–Crippen LogP) is 1.53. The SMILES string of the molecule is COCCNC(=O)CNC(=O)c1ccc(NC(=O)OC(C)(C)C)cc1. The summed E-state index contributed by atoms with van der Waals surface area (Å²) in [7, 11) is 1.54. The Morgan fingerprint density at radius 1 is 1.04 bits per heavy atom. The highest BCUT2D eigenvalue weighted by Gasteiger charge is 2.16. The van der Waals surface area contributed by atoms with Gasteiger partial charge in [-0.2, -0.15) is 0 Å². The fraction of sp³-hybridized carbons (Fsp3) is 0.471. The number of anilines is 1. The normalized spacial score (nSPS) is 10.7. The summed E-state index contributed by atoms with van der Waals surface area (Å²) in [6, 6.07) is 6.25. The average Bonchev–Trinajstić information content (AvgIpc) is 2.51. The van der Waals surface area contributed by atoms with Crippen LogP contribution in [-0.4, -0.2) is 50.3 Å². The molecule has 0 bridgehead atoms. The van der Waals surface area contributed by atoms with Gasteiger partial charge in [0.05, 0.1) is 13.2 Å². The number of methoxy groups -OCH3 is 1. The summed E-state index contributed by atoms with van der Waals surface area (Å²) in [5.74, 6) is -0.681. The van der Waals surface area contributed by atoms with Gasteiger partial charge in [0, 0.05) is 24.9 Å². The first-order valence-corrected chi connectivity index (χ1v) is 7.85. The molecule has 3 N–H and O–H groups in total. The number of amides is 3. The Morgan fingerprint density at radius 2 is 1.68 bits per heavy atom. The molecule has 0 aliphatic heterocycles. The van der Waals surface area contributed by atoms with Crippen molar-refractivity contribution in [1.82, 2.24) is 10.6 Å². The molecule has 1 rings (SSSR count). The van der Waals surface area contributed by atoms with E-state index in [2.05, 4.69) is 16.0 Å². The highest BCUT2D eigenvalue weighted by atomic mass is 16.6. The van der Waals surface area contributed by atoms with E-state index in [9.17, 15) is 14.4 Å². The summed E-state index contributed by atoms with van der Waals surface area (Å²) >= 11 is 0. The van der Waals surface area contributed by atoms with Gasteiger partial charge in [-0.3, -0.25) is 14.9 Å². The Hall–Kier alpha value is -2.61. The molecule has 8 nitrogen and oxygen atoms in total. The number of carbonyl (C=O) groups excluding carboxylic acids is 3. The summed E-state index contributed by atoms with van der Waals surface area (Å²) in [6.45, 7) is 5.98. The Kier molecular flexibility index (Phi) is 7.87. The standard InChI is InChI=1S/C17H25N3O5/c1-17(2,3)25-16(23)20-13-7-5-12(6-8-13)15(22)19-11-14(21)18-9-10-24-4/h5-8H,9-11H2,1-4H3,(H,18,21)(H,19,22)(H,20,23). The second-order valence-corrected chi connectivity index (χ2v) is 6.23. The van der Waals surface area contributed by atoms with E-state index in [0.29, 0.717) is 24.4 Å². The molecule has 0 fully saturated rings. The summed E-state index contributed by atoms with van der Waals surface area (Å²) in [6.07, 6.45) is -0.572. The van der Waals surface area contributed by atoms with Crippen LogP contribution in [0.25, 0.3) is 0 Å². The van der Waals surface area contributed by atoms with Crippen molar-refractivity contribution in [2.45, 2.75) is 26.4 Å². The minimum atomic E-state index is -0.590. The Morgan fingerprint density at radius 3 is 2.24 bits per heavy atom. The van der Waals surface area contributed by atoms with Crippen LogP contribution in [-0.2, 0) is 14.3 Å². The first-order chi connectivity index (χ1) is 11.7. The van der Waals surface area contributed by atoms with Gasteiger partial charge in [0.2, 0.25) is 5.91 Å². The Bertz CT molecular complexity index is 593. The predicted molar refractivity (Wildman–Crippen MR) is 93.5 cm³/mol. The van der Waals surface area contributed by atoms with Crippen molar-refractivity contribution in [2.75, 3.05) is 32.1 Å². The third kappa shape index (κ3) is 8.71. The zero-order valence-electron chi connectivity index (χ0n) is 15.0. The van der Waals surface area contributed by atoms with Gasteiger partial charge >= 0.3 is 6.09 Å². The number of benzene rings is 1. The largest absolute Gasteiger partial charge is 0.444 e. The topological polar surface area (TPSA) is 106 Å². The highest BCUT2D eigenvalue weighted by molar-refractivity contribution is 5.97. The van der Waals surface area contributed by atoms with E-state index < -0.39 is 11.7 Å². The lowest BCUT2D eigenvalue weighted by atomic mass is 10.2. The van der Waals surface area contributed by atoms with Crippen LogP contribution in [0, 0.1) is 0 Å². The molecule has 8 heteroatoms. The molecule has 1 aromatic carbocycles. The molecule has 0 atom stereocenters. The van der Waals surface area contributed by atoms with Crippen LogP contribution in [0.5, 0.6) is 0 Å². The zero-order chi connectivity index (χ0) is 18.9. The van der Waals surface area contributed by atoms with Gasteiger partial charge < -0.3 is 20.1 Å². The van der Waals surface area contributed by atoms with Crippen LogP contribution < -0.4 is 16.0 Å². The smallest absolute Gasteiger partial charge is 0.412 e. The molecule has 0 aliphatic rings. The van der Waals surface area contributed by atoms with Crippen molar-refractivity contribution < 1.29 is 23.9 Å². The molecule has 0 aromatic heterocycles. The summed E-state index contributed by atoms with van der Waals surface area (Å²) in [5.41, 5.74) is 0.288. The highest BCUT2D eigenvalue weighted by Crippen LogP contribution is 2.13. The van der Waals surface area contributed by atoms with Gasteiger partial charge in [0.15, 0.2) is 0 Å². The zero-order valence-corrected chi connectivity index (χ0v) is 15.0. The van der Waals surface area contributed by atoms with E-state index in [1.165, 1.54) is 7.11 Å². The summed E-state index contributed by atoms with van der Waals surface area (Å²) in [4.78, 5) is 35.1. The lowest BCUT2D eigenvalue weighted by Crippen LogP contribution is -2.38. The third-order valence-corrected chi connectivity index (χ3v) is 2.83. The lowest BCUT2D eigenvalue weighted by Gasteiger charge is -2.19. The molecule has 0 spiro atoms. The van der Waals surface area contributed by atoms with Gasteiger partial charge in [-0.05, 0) is 45.0 Å². The van der Waals surface area contributed by atoms with Crippen molar-refractivity contribution in [2.24, 2.45) is 0 Å². The number of carbonyl (C=O) groups is 3. The maximum Gasteiger partial charge on any atom is 0.412 e. The first kappa shape index (κ1) is 20.4. The van der Waals surface area contributed by atoms with Crippen LogP contribution in [0.2, 0.25) is 0 Å².